The number of esters is 1. The maximum atomic E-state index is 11.4. The average molecular weight is 215 g/mol. The van der Waals surface area contributed by atoms with E-state index in [2.05, 4.69) is 9.47 Å². The van der Waals surface area contributed by atoms with Gasteiger partial charge in [0.25, 0.3) is 0 Å². The predicted molar refractivity (Wildman–Crippen MR) is 53.4 cm³/mol. The van der Waals surface area contributed by atoms with E-state index in [0.29, 0.717) is 6.54 Å². The lowest BCUT2D eigenvalue weighted by atomic mass is 10.00. The van der Waals surface area contributed by atoms with Crippen molar-refractivity contribution in [3.63, 3.8) is 0 Å². The molecule has 1 heterocycles. The van der Waals surface area contributed by atoms with E-state index >= 15 is 0 Å². The van der Waals surface area contributed by atoms with Crippen molar-refractivity contribution in [1.82, 2.24) is 4.90 Å². The molecule has 0 saturated carbocycles. The molecule has 0 radical (unpaired) electrons. The highest BCUT2D eigenvalue weighted by Crippen LogP contribution is 2.20. The highest BCUT2D eigenvalue weighted by Gasteiger charge is 2.29. The van der Waals surface area contributed by atoms with Gasteiger partial charge in [-0.25, -0.2) is 4.79 Å². The summed E-state index contributed by atoms with van der Waals surface area (Å²) in [5.41, 5.74) is 0. The summed E-state index contributed by atoms with van der Waals surface area (Å²) in [6.07, 6.45) is 2.74. The largest absolute Gasteiger partial charge is 0.469 e. The van der Waals surface area contributed by atoms with Crippen molar-refractivity contribution in [2.75, 3.05) is 20.8 Å². The minimum absolute atomic E-state index is 0.0707. The molecule has 0 aromatic carbocycles. The molecule has 5 nitrogen and oxygen atoms in total. The summed E-state index contributed by atoms with van der Waals surface area (Å²) < 4.78 is 9.27. The van der Waals surface area contributed by atoms with Crippen LogP contribution in [0.3, 0.4) is 0 Å². The first-order chi connectivity index (χ1) is 7.19. The summed E-state index contributed by atoms with van der Waals surface area (Å²) in [7, 11) is 2.71. The van der Waals surface area contributed by atoms with Gasteiger partial charge in [-0.3, -0.25) is 4.79 Å². The molecule has 1 fully saturated rings. The van der Waals surface area contributed by atoms with Gasteiger partial charge in [-0.15, -0.1) is 0 Å². The molecule has 1 aliphatic rings. The van der Waals surface area contributed by atoms with Gasteiger partial charge in [0.2, 0.25) is 0 Å². The number of hydrogen-bond donors (Lipinski definition) is 0. The third-order valence-electron chi connectivity index (χ3n) is 2.67. The van der Waals surface area contributed by atoms with Gasteiger partial charge in [-0.05, 0) is 19.3 Å². The van der Waals surface area contributed by atoms with E-state index in [0.717, 1.165) is 19.3 Å². The van der Waals surface area contributed by atoms with E-state index in [1.807, 2.05) is 0 Å². The van der Waals surface area contributed by atoms with Crippen LogP contribution in [0.2, 0.25) is 0 Å². The van der Waals surface area contributed by atoms with Crippen molar-refractivity contribution in [2.45, 2.75) is 31.7 Å². The monoisotopic (exact) mass is 215 g/mol. The van der Waals surface area contributed by atoms with Gasteiger partial charge < -0.3 is 14.4 Å². The fourth-order valence-electron chi connectivity index (χ4n) is 1.85. The van der Waals surface area contributed by atoms with Crippen LogP contribution < -0.4 is 0 Å². The molecule has 0 aromatic heterocycles. The fraction of sp³-hybridized carbons (Fsp3) is 0.800. The lowest BCUT2D eigenvalue weighted by Gasteiger charge is -2.33. The molecule has 0 bridgehead atoms. The molecule has 1 rings (SSSR count). The first-order valence-corrected chi connectivity index (χ1v) is 5.10. The summed E-state index contributed by atoms with van der Waals surface area (Å²) in [4.78, 5) is 24.1. The molecule has 86 valence electrons. The molecule has 0 spiro atoms. The molecule has 0 N–H and O–H groups in total. The lowest BCUT2D eigenvalue weighted by Crippen LogP contribution is -2.44. The first kappa shape index (κ1) is 11.8. The van der Waals surface area contributed by atoms with Gasteiger partial charge in [0.1, 0.15) is 0 Å². The van der Waals surface area contributed by atoms with E-state index in [1.165, 1.54) is 14.2 Å². The van der Waals surface area contributed by atoms with Crippen LogP contribution >= 0.6 is 0 Å². The number of carbonyl (C=O) groups is 2. The zero-order valence-electron chi connectivity index (χ0n) is 9.19. The van der Waals surface area contributed by atoms with Crippen molar-refractivity contribution in [3.8, 4) is 0 Å². The van der Waals surface area contributed by atoms with E-state index in [9.17, 15) is 9.59 Å². The van der Waals surface area contributed by atoms with E-state index < -0.39 is 0 Å². The van der Waals surface area contributed by atoms with Crippen LogP contribution in [0.25, 0.3) is 0 Å². The summed E-state index contributed by atoms with van der Waals surface area (Å²) in [5, 5.41) is 0. The molecule has 1 unspecified atom stereocenters. The van der Waals surface area contributed by atoms with Gasteiger partial charge in [0, 0.05) is 12.6 Å². The smallest absolute Gasteiger partial charge is 0.409 e. The second kappa shape index (κ2) is 5.58. The predicted octanol–water partition coefficient (Wildman–Crippen LogP) is 1.17. The standard InChI is InChI=1S/C10H17NO4/c1-14-9(12)7-8-5-3-4-6-11(8)10(13)15-2/h8H,3-7H2,1-2H3. The molecule has 1 amide bonds. The number of methoxy groups -OCH3 is 2. The van der Waals surface area contributed by atoms with E-state index in [-0.39, 0.29) is 24.5 Å². The molecular weight excluding hydrogens is 198 g/mol. The van der Waals surface area contributed by atoms with Crippen LogP contribution in [0.15, 0.2) is 0 Å². The number of piperidine rings is 1. The Morgan fingerprint density at radius 3 is 2.60 bits per heavy atom. The summed E-state index contributed by atoms with van der Waals surface area (Å²) in [5.74, 6) is -0.282. The molecule has 5 heteroatoms. The van der Waals surface area contributed by atoms with Crippen LogP contribution in [0.4, 0.5) is 4.79 Å². The number of likely N-dealkylation sites (tertiary alicyclic amines) is 1. The van der Waals surface area contributed by atoms with Crippen molar-refractivity contribution in [2.24, 2.45) is 0 Å². The van der Waals surface area contributed by atoms with Crippen molar-refractivity contribution in [1.29, 1.82) is 0 Å². The van der Waals surface area contributed by atoms with Gasteiger partial charge in [-0.1, -0.05) is 0 Å². The normalized spacial score (nSPS) is 20.9. The molecule has 1 atom stereocenters. The van der Waals surface area contributed by atoms with Crippen LogP contribution in [0.1, 0.15) is 25.7 Å². The molecule has 0 aromatic rings. The molecule has 1 aliphatic heterocycles. The summed E-state index contributed by atoms with van der Waals surface area (Å²) in [6.45, 7) is 0.661. The minimum atomic E-state index is -0.358. The molecular formula is C10H17NO4. The topological polar surface area (TPSA) is 55.8 Å². The van der Waals surface area contributed by atoms with Crippen LogP contribution in [-0.4, -0.2) is 43.8 Å². The van der Waals surface area contributed by atoms with Crippen molar-refractivity contribution in [3.05, 3.63) is 0 Å². The van der Waals surface area contributed by atoms with E-state index in [4.69, 9.17) is 0 Å². The molecule has 15 heavy (non-hydrogen) atoms. The fourth-order valence-corrected chi connectivity index (χ4v) is 1.85. The Morgan fingerprint density at radius 2 is 2.00 bits per heavy atom. The molecule has 0 aliphatic carbocycles. The second-order valence-corrected chi connectivity index (χ2v) is 3.59. The highest BCUT2D eigenvalue weighted by atomic mass is 16.5. The summed E-state index contributed by atoms with van der Waals surface area (Å²) >= 11 is 0. The zero-order chi connectivity index (χ0) is 11.3. The Hall–Kier alpha value is -1.26. The minimum Gasteiger partial charge on any atom is -0.469 e. The third-order valence-corrected chi connectivity index (χ3v) is 2.67. The molecule has 1 saturated heterocycles. The maximum absolute atomic E-state index is 11.4. The number of hydrogen-bond acceptors (Lipinski definition) is 4. The third kappa shape index (κ3) is 3.11. The number of ether oxygens (including phenoxy) is 2. The SMILES string of the molecule is COC(=O)CC1CCCCN1C(=O)OC. The van der Waals surface area contributed by atoms with E-state index in [1.54, 1.807) is 4.90 Å². The number of amides is 1. The Bertz CT molecular complexity index is 242. The summed E-state index contributed by atoms with van der Waals surface area (Å²) in [6, 6.07) is -0.0707. The second-order valence-electron chi connectivity index (χ2n) is 3.59. The Balaban J connectivity index is 2.57. The quantitative estimate of drug-likeness (QED) is 0.649. The van der Waals surface area contributed by atoms with Crippen molar-refractivity contribution < 1.29 is 19.1 Å². The Labute approximate surface area is 89.3 Å². The average Bonchev–Trinajstić information content (AvgIpc) is 2.28. The maximum Gasteiger partial charge on any atom is 0.409 e. The number of rotatable bonds is 2. The van der Waals surface area contributed by atoms with Crippen LogP contribution in [0.5, 0.6) is 0 Å². The van der Waals surface area contributed by atoms with Gasteiger partial charge in [0.15, 0.2) is 0 Å². The number of nitrogens with zero attached hydrogens (tertiary/aromatic N) is 1. The zero-order valence-corrected chi connectivity index (χ0v) is 9.19. The number of carbonyl (C=O) groups excluding carboxylic acids is 2. The Morgan fingerprint density at radius 1 is 1.27 bits per heavy atom. The highest BCUT2D eigenvalue weighted by molar-refractivity contribution is 5.72. The first-order valence-electron chi connectivity index (χ1n) is 5.10. The van der Waals surface area contributed by atoms with Crippen LogP contribution in [-0.2, 0) is 14.3 Å². The lowest BCUT2D eigenvalue weighted by molar-refractivity contribution is -0.142. The Kier molecular flexibility index (Phi) is 4.39. The van der Waals surface area contributed by atoms with Crippen LogP contribution in [0, 0.1) is 0 Å². The van der Waals surface area contributed by atoms with Gasteiger partial charge >= 0.3 is 12.1 Å². The van der Waals surface area contributed by atoms with Gasteiger partial charge in [-0.2, -0.15) is 0 Å². The van der Waals surface area contributed by atoms with Gasteiger partial charge in [0.05, 0.1) is 20.6 Å². The van der Waals surface area contributed by atoms with Crippen molar-refractivity contribution >= 4 is 12.1 Å².